The SMILES string of the molecule is O=C(O)Cc1ccc(NC(=O)C2CCCN2S(=O)(=O)c2cccs2)cc1. The first-order chi connectivity index (χ1) is 12.4. The van der Waals surface area contributed by atoms with Gasteiger partial charge in [0, 0.05) is 12.2 Å². The average molecular weight is 394 g/mol. The molecule has 1 aromatic heterocycles. The van der Waals surface area contributed by atoms with Gasteiger partial charge in [0.05, 0.1) is 6.42 Å². The summed E-state index contributed by atoms with van der Waals surface area (Å²) in [6.07, 6.45) is 0.997. The van der Waals surface area contributed by atoms with Crippen LogP contribution in [0.3, 0.4) is 0 Å². The van der Waals surface area contributed by atoms with E-state index >= 15 is 0 Å². The first-order valence-electron chi connectivity index (χ1n) is 8.05. The molecule has 0 bridgehead atoms. The van der Waals surface area contributed by atoms with Crippen LogP contribution in [0.2, 0.25) is 0 Å². The molecule has 2 heterocycles. The Hall–Kier alpha value is -2.23. The Morgan fingerprint density at radius 3 is 2.58 bits per heavy atom. The number of carbonyl (C=O) groups excluding carboxylic acids is 1. The number of amides is 1. The summed E-state index contributed by atoms with van der Waals surface area (Å²) < 4.78 is 26.9. The van der Waals surface area contributed by atoms with Crippen molar-refractivity contribution in [1.82, 2.24) is 4.31 Å². The Morgan fingerprint density at radius 2 is 1.96 bits per heavy atom. The van der Waals surface area contributed by atoms with Gasteiger partial charge in [-0.2, -0.15) is 4.31 Å². The van der Waals surface area contributed by atoms with E-state index in [9.17, 15) is 18.0 Å². The predicted molar refractivity (Wildman–Crippen MR) is 97.6 cm³/mol. The fourth-order valence-electron chi connectivity index (χ4n) is 2.92. The normalized spacial score (nSPS) is 17.9. The zero-order chi connectivity index (χ0) is 18.7. The van der Waals surface area contributed by atoms with Crippen LogP contribution < -0.4 is 5.32 Å². The topological polar surface area (TPSA) is 104 Å². The van der Waals surface area contributed by atoms with Crippen molar-refractivity contribution >= 4 is 38.9 Å². The van der Waals surface area contributed by atoms with Crippen LogP contribution in [0.5, 0.6) is 0 Å². The molecule has 7 nitrogen and oxygen atoms in total. The molecule has 2 N–H and O–H groups in total. The molecule has 0 saturated carbocycles. The summed E-state index contributed by atoms with van der Waals surface area (Å²) >= 11 is 1.13. The van der Waals surface area contributed by atoms with Crippen molar-refractivity contribution < 1.29 is 23.1 Å². The zero-order valence-corrected chi connectivity index (χ0v) is 15.4. The molecule has 1 unspecified atom stereocenters. The number of nitrogens with one attached hydrogen (secondary N) is 1. The van der Waals surface area contributed by atoms with E-state index in [0.29, 0.717) is 30.6 Å². The van der Waals surface area contributed by atoms with Gasteiger partial charge in [-0.05, 0) is 42.0 Å². The van der Waals surface area contributed by atoms with Gasteiger partial charge < -0.3 is 10.4 Å². The van der Waals surface area contributed by atoms with Gasteiger partial charge in [-0.1, -0.05) is 18.2 Å². The van der Waals surface area contributed by atoms with Crippen molar-refractivity contribution in [1.29, 1.82) is 0 Å². The predicted octanol–water partition coefficient (Wildman–Crippen LogP) is 2.17. The molecule has 1 atom stereocenters. The van der Waals surface area contributed by atoms with Gasteiger partial charge in [0.25, 0.3) is 10.0 Å². The minimum atomic E-state index is -3.68. The maximum Gasteiger partial charge on any atom is 0.307 e. The highest BCUT2D eigenvalue weighted by Crippen LogP contribution is 2.29. The summed E-state index contributed by atoms with van der Waals surface area (Å²) in [5.41, 5.74) is 1.13. The van der Waals surface area contributed by atoms with Gasteiger partial charge in [0.2, 0.25) is 5.91 Å². The number of aliphatic carboxylic acids is 1. The van der Waals surface area contributed by atoms with Crippen LogP contribution in [0.15, 0.2) is 46.0 Å². The summed E-state index contributed by atoms with van der Waals surface area (Å²) in [5.74, 6) is -1.31. The first kappa shape index (κ1) is 18.6. The second-order valence-electron chi connectivity index (χ2n) is 5.96. The molecular weight excluding hydrogens is 376 g/mol. The van der Waals surface area contributed by atoms with Crippen molar-refractivity contribution in [3.05, 3.63) is 47.3 Å². The highest BCUT2D eigenvalue weighted by molar-refractivity contribution is 7.91. The second kappa shape index (κ2) is 7.56. The summed E-state index contributed by atoms with van der Waals surface area (Å²) in [6, 6.07) is 8.93. The number of thiophene rings is 1. The fourth-order valence-corrected chi connectivity index (χ4v) is 5.70. The molecule has 1 aromatic carbocycles. The van der Waals surface area contributed by atoms with Gasteiger partial charge in [-0.15, -0.1) is 11.3 Å². The van der Waals surface area contributed by atoms with Crippen LogP contribution in [0.25, 0.3) is 0 Å². The molecule has 3 rings (SSSR count). The standard InChI is InChI=1S/C17H18N2O5S2/c20-15(21)11-12-5-7-13(8-6-12)18-17(22)14-3-1-9-19(14)26(23,24)16-4-2-10-25-16/h2,4-8,10,14H,1,3,9,11H2,(H,18,22)(H,20,21). The lowest BCUT2D eigenvalue weighted by Gasteiger charge is -2.22. The second-order valence-corrected chi connectivity index (χ2v) is 9.03. The number of carboxylic acids is 1. The van der Waals surface area contributed by atoms with Gasteiger partial charge in [0.15, 0.2) is 0 Å². The van der Waals surface area contributed by atoms with E-state index in [-0.39, 0.29) is 16.5 Å². The lowest BCUT2D eigenvalue weighted by Crippen LogP contribution is -2.42. The average Bonchev–Trinajstić information content (AvgIpc) is 3.28. The number of hydrogen-bond donors (Lipinski definition) is 2. The number of nitrogens with zero attached hydrogens (tertiary/aromatic N) is 1. The Morgan fingerprint density at radius 1 is 1.23 bits per heavy atom. The van der Waals surface area contributed by atoms with Crippen LogP contribution in [-0.2, 0) is 26.0 Å². The summed E-state index contributed by atoms with van der Waals surface area (Å²) in [7, 11) is -3.68. The van der Waals surface area contributed by atoms with Crippen molar-refractivity contribution in [2.45, 2.75) is 29.5 Å². The van der Waals surface area contributed by atoms with E-state index in [1.807, 2.05) is 0 Å². The van der Waals surface area contributed by atoms with E-state index in [1.165, 1.54) is 10.4 Å². The number of rotatable bonds is 6. The molecule has 1 aliphatic rings. The smallest absolute Gasteiger partial charge is 0.307 e. The lowest BCUT2D eigenvalue weighted by atomic mass is 10.1. The maximum atomic E-state index is 12.7. The summed E-state index contributed by atoms with van der Waals surface area (Å²) in [4.78, 5) is 23.3. The van der Waals surface area contributed by atoms with E-state index in [0.717, 1.165) is 11.3 Å². The van der Waals surface area contributed by atoms with Gasteiger partial charge in [-0.3, -0.25) is 9.59 Å². The van der Waals surface area contributed by atoms with Gasteiger partial charge >= 0.3 is 5.97 Å². The van der Waals surface area contributed by atoms with Crippen LogP contribution in [0.4, 0.5) is 5.69 Å². The molecule has 138 valence electrons. The molecule has 1 aliphatic heterocycles. The maximum absolute atomic E-state index is 12.7. The molecular formula is C17H18N2O5S2. The molecule has 0 aliphatic carbocycles. The number of anilines is 1. The van der Waals surface area contributed by atoms with Crippen molar-refractivity contribution in [2.75, 3.05) is 11.9 Å². The molecule has 0 spiro atoms. The number of sulfonamides is 1. The van der Waals surface area contributed by atoms with Gasteiger partial charge in [-0.25, -0.2) is 8.42 Å². The largest absolute Gasteiger partial charge is 0.481 e. The quantitative estimate of drug-likeness (QED) is 0.781. The minimum Gasteiger partial charge on any atom is -0.481 e. The lowest BCUT2D eigenvalue weighted by molar-refractivity contribution is -0.136. The monoisotopic (exact) mass is 394 g/mol. The highest BCUT2D eigenvalue weighted by Gasteiger charge is 2.39. The number of carbonyl (C=O) groups is 2. The van der Waals surface area contributed by atoms with Crippen LogP contribution in [-0.4, -0.2) is 42.3 Å². The molecule has 26 heavy (non-hydrogen) atoms. The zero-order valence-electron chi connectivity index (χ0n) is 13.8. The van der Waals surface area contributed by atoms with Crippen LogP contribution in [0, 0.1) is 0 Å². The molecule has 2 aromatic rings. The number of benzene rings is 1. The van der Waals surface area contributed by atoms with E-state index in [1.54, 1.807) is 35.7 Å². The minimum absolute atomic E-state index is 0.0936. The van der Waals surface area contributed by atoms with Crippen LogP contribution in [0.1, 0.15) is 18.4 Å². The summed E-state index contributed by atoms with van der Waals surface area (Å²) in [5, 5.41) is 13.2. The van der Waals surface area contributed by atoms with Crippen LogP contribution >= 0.6 is 11.3 Å². The Bertz CT molecular complexity index is 892. The Kier molecular flexibility index (Phi) is 5.40. The van der Waals surface area contributed by atoms with Crippen molar-refractivity contribution in [3.63, 3.8) is 0 Å². The van der Waals surface area contributed by atoms with E-state index < -0.39 is 22.0 Å². The van der Waals surface area contributed by atoms with E-state index in [4.69, 9.17) is 5.11 Å². The third-order valence-corrected chi connectivity index (χ3v) is 7.42. The number of hydrogen-bond acceptors (Lipinski definition) is 5. The van der Waals surface area contributed by atoms with Crippen molar-refractivity contribution in [3.8, 4) is 0 Å². The highest BCUT2D eigenvalue weighted by atomic mass is 32.2. The van der Waals surface area contributed by atoms with E-state index in [2.05, 4.69) is 5.32 Å². The first-order valence-corrected chi connectivity index (χ1v) is 10.4. The third kappa shape index (κ3) is 3.95. The summed E-state index contributed by atoms with van der Waals surface area (Å²) in [6.45, 7) is 0.315. The molecule has 0 radical (unpaired) electrons. The molecule has 1 amide bonds. The molecule has 1 saturated heterocycles. The third-order valence-electron chi connectivity index (χ3n) is 4.14. The van der Waals surface area contributed by atoms with Gasteiger partial charge in [0.1, 0.15) is 10.3 Å². The Balaban J connectivity index is 1.72. The van der Waals surface area contributed by atoms with Crippen molar-refractivity contribution in [2.24, 2.45) is 0 Å². The molecule has 1 fully saturated rings. The fraction of sp³-hybridized carbons (Fsp3) is 0.294. The number of carboxylic acid groups (broad SMARTS) is 1. The Labute approximate surface area is 155 Å². The molecule has 9 heteroatoms.